The van der Waals surface area contributed by atoms with E-state index in [1.54, 1.807) is 29.2 Å². The molecule has 176 valence electrons. The van der Waals surface area contributed by atoms with Gasteiger partial charge in [0.05, 0.1) is 28.6 Å². The van der Waals surface area contributed by atoms with E-state index in [2.05, 4.69) is 19.9 Å². The van der Waals surface area contributed by atoms with Crippen LogP contribution in [0, 0.1) is 0 Å². The van der Waals surface area contributed by atoms with Crippen molar-refractivity contribution in [3.05, 3.63) is 53.6 Å². The first kappa shape index (κ1) is 22.7. The summed E-state index contributed by atoms with van der Waals surface area (Å²) in [5.41, 5.74) is 2.91. The third-order valence-corrected chi connectivity index (χ3v) is 7.39. The lowest BCUT2D eigenvalue weighted by atomic mass is 10.0. The first-order valence-electron chi connectivity index (χ1n) is 11.7. The number of aromatic nitrogens is 1. The van der Waals surface area contributed by atoms with Crippen LogP contribution in [0.15, 0.2) is 42.5 Å². The first-order chi connectivity index (χ1) is 16.4. The Balaban J connectivity index is 1.53. The molecule has 2 fully saturated rings. The number of hydrogen-bond donors (Lipinski definition) is 0. The molecule has 2 aliphatic heterocycles. The number of fused-ring (bicyclic) bond motifs is 1. The van der Waals surface area contributed by atoms with Crippen LogP contribution in [0.4, 0.5) is 10.8 Å². The molecule has 2 aromatic carbocycles. The predicted octanol–water partition coefficient (Wildman–Crippen LogP) is 4.90. The Morgan fingerprint density at radius 2 is 1.94 bits per heavy atom. The molecular weight excluding hydrogens is 450 g/mol. The van der Waals surface area contributed by atoms with Crippen LogP contribution in [-0.2, 0) is 14.3 Å². The Labute approximate surface area is 202 Å². The Hall–Kier alpha value is -3.10. The fourth-order valence-electron chi connectivity index (χ4n) is 4.58. The van der Waals surface area contributed by atoms with Crippen LogP contribution in [0.25, 0.3) is 10.2 Å². The van der Waals surface area contributed by atoms with Gasteiger partial charge in [0.25, 0.3) is 5.91 Å². The smallest absolute Gasteiger partial charge is 0.260 e. The summed E-state index contributed by atoms with van der Waals surface area (Å²) in [4.78, 5) is 46.0. The average Bonchev–Trinajstić information content (AvgIpc) is 3.57. The highest BCUT2D eigenvalue weighted by molar-refractivity contribution is 7.22. The molecule has 1 unspecified atom stereocenters. The van der Waals surface area contributed by atoms with E-state index in [1.807, 2.05) is 12.1 Å². The van der Waals surface area contributed by atoms with Crippen molar-refractivity contribution in [1.29, 1.82) is 0 Å². The molecule has 8 heteroatoms. The molecule has 2 aliphatic rings. The molecule has 0 aliphatic carbocycles. The van der Waals surface area contributed by atoms with E-state index in [9.17, 15) is 14.4 Å². The number of anilines is 2. The van der Waals surface area contributed by atoms with Crippen molar-refractivity contribution in [1.82, 2.24) is 4.98 Å². The lowest BCUT2D eigenvalue weighted by molar-refractivity contribution is -0.121. The van der Waals surface area contributed by atoms with Crippen molar-refractivity contribution < 1.29 is 19.1 Å². The van der Waals surface area contributed by atoms with Gasteiger partial charge >= 0.3 is 0 Å². The molecule has 3 aromatic rings. The van der Waals surface area contributed by atoms with E-state index in [1.165, 1.54) is 16.2 Å². The summed E-state index contributed by atoms with van der Waals surface area (Å²) >= 11 is 1.49. The highest BCUT2D eigenvalue weighted by Crippen LogP contribution is 2.35. The molecule has 0 radical (unpaired) electrons. The first-order valence-corrected chi connectivity index (χ1v) is 12.5. The number of carbonyl (C=O) groups excluding carboxylic acids is 3. The Morgan fingerprint density at radius 1 is 1.18 bits per heavy atom. The monoisotopic (exact) mass is 477 g/mol. The fourth-order valence-corrected chi connectivity index (χ4v) is 5.59. The van der Waals surface area contributed by atoms with Gasteiger partial charge in [0, 0.05) is 25.0 Å². The zero-order chi connectivity index (χ0) is 23.8. The number of thiazole rings is 1. The second-order valence-electron chi connectivity index (χ2n) is 9.07. The van der Waals surface area contributed by atoms with Gasteiger partial charge in [0.15, 0.2) is 5.13 Å². The normalized spacial score (nSPS) is 18.4. The summed E-state index contributed by atoms with van der Waals surface area (Å²) in [6.07, 6.45) is 2.21. The molecule has 3 heterocycles. The third-order valence-electron chi connectivity index (χ3n) is 6.35. The highest BCUT2D eigenvalue weighted by Gasteiger charge is 2.32. The topological polar surface area (TPSA) is 79.8 Å². The number of carbonyl (C=O) groups is 3. The molecule has 7 nitrogen and oxygen atoms in total. The molecular formula is C26H27N3O4S. The fraction of sp³-hybridized carbons (Fsp3) is 0.385. The molecule has 1 atom stereocenters. The summed E-state index contributed by atoms with van der Waals surface area (Å²) < 4.78 is 6.88. The molecule has 34 heavy (non-hydrogen) atoms. The van der Waals surface area contributed by atoms with Gasteiger partial charge in [0.1, 0.15) is 0 Å². The van der Waals surface area contributed by atoms with Crippen LogP contribution in [0.5, 0.6) is 0 Å². The van der Waals surface area contributed by atoms with Crippen LogP contribution in [-0.4, -0.2) is 42.0 Å². The standard InChI is InChI=1S/C26H27N3O4S/c1-16(2)20-9-4-10-21-24(20)27-26(34-21)28(15-19-8-5-13-33-19)25(32)17-6-3-7-18(14-17)29-22(30)11-12-23(29)31/h3-4,6-7,9-10,14,16,19H,5,8,11-13,15H2,1-2H3. The summed E-state index contributed by atoms with van der Waals surface area (Å²) in [7, 11) is 0. The zero-order valence-corrected chi connectivity index (χ0v) is 20.1. The second kappa shape index (κ2) is 9.27. The van der Waals surface area contributed by atoms with Crippen LogP contribution in [0.1, 0.15) is 61.4 Å². The van der Waals surface area contributed by atoms with Gasteiger partial charge in [-0.05, 0) is 48.6 Å². The maximum atomic E-state index is 13.8. The minimum absolute atomic E-state index is 0.0505. The number of ether oxygens (including phenoxy) is 1. The molecule has 0 N–H and O–H groups in total. The van der Waals surface area contributed by atoms with E-state index in [4.69, 9.17) is 9.72 Å². The average molecular weight is 478 g/mol. The Bertz CT molecular complexity index is 1250. The number of benzene rings is 2. The summed E-state index contributed by atoms with van der Waals surface area (Å²) in [6, 6.07) is 12.9. The number of para-hydroxylation sites is 1. The maximum Gasteiger partial charge on any atom is 0.260 e. The van der Waals surface area contributed by atoms with E-state index in [-0.39, 0.29) is 36.7 Å². The lowest BCUT2D eigenvalue weighted by Gasteiger charge is -2.24. The van der Waals surface area contributed by atoms with Crippen molar-refractivity contribution >= 4 is 50.1 Å². The van der Waals surface area contributed by atoms with Gasteiger partial charge < -0.3 is 4.74 Å². The van der Waals surface area contributed by atoms with Gasteiger partial charge in [-0.1, -0.05) is 43.4 Å². The Kier molecular flexibility index (Phi) is 6.18. The maximum absolute atomic E-state index is 13.8. The van der Waals surface area contributed by atoms with E-state index >= 15 is 0 Å². The number of rotatable bonds is 6. The molecule has 2 saturated heterocycles. The van der Waals surface area contributed by atoms with Crippen molar-refractivity contribution in [2.45, 2.75) is 51.6 Å². The minimum atomic E-state index is -0.238. The van der Waals surface area contributed by atoms with Crippen molar-refractivity contribution in [2.24, 2.45) is 0 Å². The molecule has 5 rings (SSSR count). The summed E-state index contributed by atoms with van der Waals surface area (Å²) in [6.45, 7) is 5.37. The number of imide groups is 1. The number of amides is 3. The molecule has 0 bridgehead atoms. The third kappa shape index (κ3) is 4.23. The minimum Gasteiger partial charge on any atom is -0.376 e. The van der Waals surface area contributed by atoms with Gasteiger partial charge in [-0.2, -0.15) is 0 Å². The van der Waals surface area contributed by atoms with E-state index in [0.29, 0.717) is 35.5 Å². The van der Waals surface area contributed by atoms with Crippen LogP contribution in [0.2, 0.25) is 0 Å². The van der Waals surface area contributed by atoms with E-state index < -0.39 is 0 Å². The zero-order valence-electron chi connectivity index (χ0n) is 19.3. The number of hydrogen-bond acceptors (Lipinski definition) is 6. The van der Waals surface area contributed by atoms with Gasteiger partial charge in [-0.15, -0.1) is 0 Å². The lowest BCUT2D eigenvalue weighted by Crippen LogP contribution is -2.37. The van der Waals surface area contributed by atoms with Gasteiger partial charge in [-0.3, -0.25) is 24.2 Å². The predicted molar refractivity (Wildman–Crippen MR) is 133 cm³/mol. The molecule has 0 saturated carbocycles. The second-order valence-corrected chi connectivity index (χ2v) is 10.1. The number of nitrogens with zero attached hydrogens (tertiary/aromatic N) is 3. The highest BCUT2D eigenvalue weighted by atomic mass is 32.1. The Morgan fingerprint density at radius 3 is 2.65 bits per heavy atom. The summed E-state index contributed by atoms with van der Waals surface area (Å²) in [5, 5.41) is 0.627. The van der Waals surface area contributed by atoms with Crippen molar-refractivity contribution in [3.8, 4) is 0 Å². The molecule has 0 spiro atoms. The SMILES string of the molecule is CC(C)c1cccc2sc(N(CC3CCCO3)C(=O)c3cccc(N4C(=O)CCC4=O)c3)nc12. The van der Waals surface area contributed by atoms with Crippen LogP contribution in [0.3, 0.4) is 0 Å². The van der Waals surface area contributed by atoms with E-state index in [0.717, 1.165) is 28.6 Å². The van der Waals surface area contributed by atoms with Crippen molar-refractivity contribution in [3.63, 3.8) is 0 Å². The quantitative estimate of drug-likeness (QED) is 0.472. The molecule has 3 amide bonds. The van der Waals surface area contributed by atoms with Crippen LogP contribution >= 0.6 is 11.3 Å². The largest absolute Gasteiger partial charge is 0.376 e. The van der Waals surface area contributed by atoms with Gasteiger partial charge in [-0.25, -0.2) is 4.98 Å². The molecule has 1 aromatic heterocycles. The summed E-state index contributed by atoms with van der Waals surface area (Å²) in [5.74, 6) is -0.383. The van der Waals surface area contributed by atoms with Crippen molar-refractivity contribution in [2.75, 3.05) is 23.0 Å². The van der Waals surface area contributed by atoms with Gasteiger partial charge in [0.2, 0.25) is 11.8 Å². The van der Waals surface area contributed by atoms with Crippen LogP contribution < -0.4 is 9.80 Å².